The van der Waals surface area contributed by atoms with Gasteiger partial charge in [0.1, 0.15) is 11.5 Å². The van der Waals surface area contributed by atoms with Gasteiger partial charge in [-0.25, -0.2) is 12.8 Å². The number of pyridine rings is 1. The summed E-state index contributed by atoms with van der Waals surface area (Å²) in [6, 6.07) is 9.99. The second-order valence-corrected chi connectivity index (χ2v) is 7.93. The SMILES string of the molecule is O=C(c1ccccn1)N1CCC(S(=O)(=O)c2ccc(F)cc2)CC1. The van der Waals surface area contributed by atoms with Crippen LogP contribution in [0.2, 0.25) is 0 Å². The van der Waals surface area contributed by atoms with Crippen LogP contribution in [0.5, 0.6) is 0 Å². The van der Waals surface area contributed by atoms with Gasteiger partial charge in [0.2, 0.25) is 0 Å². The van der Waals surface area contributed by atoms with Crippen molar-refractivity contribution < 1.29 is 17.6 Å². The molecule has 1 aliphatic rings. The average molecular weight is 348 g/mol. The molecule has 1 amide bonds. The van der Waals surface area contributed by atoms with Crippen LogP contribution in [0.25, 0.3) is 0 Å². The van der Waals surface area contributed by atoms with Gasteiger partial charge in [-0.05, 0) is 49.2 Å². The quantitative estimate of drug-likeness (QED) is 0.798. The first-order valence-electron chi connectivity index (χ1n) is 7.68. The second kappa shape index (κ2) is 6.68. The van der Waals surface area contributed by atoms with Crippen LogP contribution in [0.3, 0.4) is 0 Å². The molecule has 126 valence electrons. The minimum atomic E-state index is -3.51. The zero-order valence-corrected chi connectivity index (χ0v) is 13.7. The molecular weight excluding hydrogens is 331 g/mol. The van der Waals surface area contributed by atoms with Crippen LogP contribution in [0.4, 0.5) is 4.39 Å². The van der Waals surface area contributed by atoms with Gasteiger partial charge < -0.3 is 4.90 Å². The molecule has 1 saturated heterocycles. The summed E-state index contributed by atoms with van der Waals surface area (Å²) < 4.78 is 38.2. The molecule has 0 aliphatic carbocycles. The van der Waals surface area contributed by atoms with Crippen molar-refractivity contribution in [2.75, 3.05) is 13.1 Å². The molecule has 0 spiro atoms. The first kappa shape index (κ1) is 16.6. The van der Waals surface area contributed by atoms with Gasteiger partial charge in [0.15, 0.2) is 9.84 Å². The molecular formula is C17H17FN2O3S. The average Bonchev–Trinajstić information content (AvgIpc) is 2.62. The van der Waals surface area contributed by atoms with Crippen LogP contribution < -0.4 is 0 Å². The highest BCUT2D eigenvalue weighted by molar-refractivity contribution is 7.92. The van der Waals surface area contributed by atoms with Crippen molar-refractivity contribution in [2.24, 2.45) is 0 Å². The number of carbonyl (C=O) groups excluding carboxylic acids is 1. The maximum atomic E-state index is 13.0. The lowest BCUT2D eigenvalue weighted by Gasteiger charge is -2.31. The molecule has 0 unspecified atom stereocenters. The summed E-state index contributed by atoms with van der Waals surface area (Å²) in [7, 11) is -3.51. The molecule has 1 fully saturated rings. The minimum absolute atomic E-state index is 0.124. The Bertz CT molecular complexity index is 815. The third-order valence-electron chi connectivity index (χ3n) is 4.19. The first-order chi connectivity index (χ1) is 11.5. The van der Waals surface area contributed by atoms with Gasteiger partial charge in [0.05, 0.1) is 10.1 Å². The second-order valence-electron chi connectivity index (χ2n) is 5.71. The Morgan fingerprint density at radius 2 is 1.75 bits per heavy atom. The molecule has 2 heterocycles. The molecule has 0 radical (unpaired) electrons. The number of aromatic nitrogens is 1. The van der Waals surface area contributed by atoms with Crippen LogP contribution in [0.1, 0.15) is 23.3 Å². The lowest BCUT2D eigenvalue weighted by atomic mass is 10.1. The number of rotatable bonds is 3. The van der Waals surface area contributed by atoms with Crippen LogP contribution in [-0.4, -0.2) is 42.5 Å². The Morgan fingerprint density at radius 1 is 1.08 bits per heavy atom. The highest BCUT2D eigenvalue weighted by atomic mass is 32.2. The van der Waals surface area contributed by atoms with Crippen LogP contribution >= 0.6 is 0 Å². The molecule has 7 heteroatoms. The van der Waals surface area contributed by atoms with E-state index < -0.39 is 20.9 Å². The predicted molar refractivity (Wildman–Crippen MR) is 86.7 cm³/mol. The molecule has 1 aliphatic heterocycles. The molecule has 2 aromatic rings. The summed E-state index contributed by atoms with van der Waals surface area (Å²) >= 11 is 0. The van der Waals surface area contributed by atoms with Crippen molar-refractivity contribution in [3.05, 3.63) is 60.2 Å². The van der Waals surface area contributed by atoms with Crippen molar-refractivity contribution in [1.82, 2.24) is 9.88 Å². The van der Waals surface area contributed by atoms with Crippen molar-refractivity contribution in [3.63, 3.8) is 0 Å². The molecule has 0 atom stereocenters. The number of halogens is 1. The van der Waals surface area contributed by atoms with Gasteiger partial charge in [0, 0.05) is 19.3 Å². The third kappa shape index (κ3) is 3.31. The van der Waals surface area contributed by atoms with E-state index in [-0.39, 0.29) is 10.8 Å². The van der Waals surface area contributed by atoms with Crippen LogP contribution in [0.15, 0.2) is 53.6 Å². The molecule has 0 N–H and O–H groups in total. The van der Waals surface area contributed by atoms with E-state index in [1.807, 2.05) is 0 Å². The van der Waals surface area contributed by atoms with Crippen molar-refractivity contribution >= 4 is 15.7 Å². The lowest BCUT2D eigenvalue weighted by Crippen LogP contribution is -2.42. The van der Waals surface area contributed by atoms with Gasteiger partial charge >= 0.3 is 0 Å². The number of carbonyl (C=O) groups is 1. The highest BCUT2D eigenvalue weighted by Gasteiger charge is 2.33. The lowest BCUT2D eigenvalue weighted by molar-refractivity contribution is 0.0719. The smallest absolute Gasteiger partial charge is 0.272 e. The third-order valence-corrected chi connectivity index (χ3v) is 6.47. The van der Waals surface area contributed by atoms with E-state index in [9.17, 15) is 17.6 Å². The summed E-state index contributed by atoms with van der Waals surface area (Å²) in [5.74, 6) is -0.655. The van der Waals surface area contributed by atoms with E-state index in [1.165, 1.54) is 12.1 Å². The Balaban J connectivity index is 1.68. The first-order valence-corrected chi connectivity index (χ1v) is 9.23. The fourth-order valence-corrected chi connectivity index (χ4v) is 4.57. The topological polar surface area (TPSA) is 67.3 Å². The standard InChI is InChI=1S/C17H17FN2O3S/c18-13-4-6-14(7-5-13)24(22,23)15-8-11-20(12-9-15)17(21)16-3-1-2-10-19-16/h1-7,10,15H,8-9,11-12H2. The number of likely N-dealkylation sites (tertiary alicyclic amines) is 1. The minimum Gasteiger partial charge on any atom is -0.337 e. The number of sulfone groups is 1. The largest absolute Gasteiger partial charge is 0.337 e. The molecule has 0 bridgehead atoms. The zero-order chi connectivity index (χ0) is 17.2. The molecule has 3 rings (SSSR count). The van der Waals surface area contributed by atoms with Crippen LogP contribution in [0, 0.1) is 5.82 Å². The predicted octanol–water partition coefficient (Wildman–Crippen LogP) is 2.30. The van der Waals surface area contributed by atoms with Gasteiger partial charge in [-0.2, -0.15) is 0 Å². The monoisotopic (exact) mass is 348 g/mol. The molecule has 1 aromatic carbocycles. The maximum absolute atomic E-state index is 13.0. The summed E-state index contributed by atoms with van der Waals surface area (Å²) in [6.45, 7) is 0.723. The Kier molecular flexibility index (Phi) is 4.62. The molecule has 5 nitrogen and oxygen atoms in total. The van der Waals surface area contributed by atoms with E-state index in [1.54, 1.807) is 29.3 Å². The zero-order valence-electron chi connectivity index (χ0n) is 12.9. The van der Waals surface area contributed by atoms with E-state index in [4.69, 9.17) is 0 Å². The van der Waals surface area contributed by atoms with Gasteiger partial charge in [-0.3, -0.25) is 9.78 Å². The molecule has 1 aromatic heterocycles. The number of benzene rings is 1. The summed E-state index contributed by atoms with van der Waals surface area (Å²) in [5.41, 5.74) is 0.359. The van der Waals surface area contributed by atoms with Crippen LogP contribution in [-0.2, 0) is 9.84 Å². The maximum Gasteiger partial charge on any atom is 0.272 e. The van der Waals surface area contributed by atoms with Gasteiger partial charge in [-0.15, -0.1) is 0 Å². The number of hydrogen-bond acceptors (Lipinski definition) is 4. The van der Waals surface area contributed by atoms with Gasteiger partial charge in [0.25, 0.3) is 5.91 Å². The van der Waals surface area contributed by atoms with E-state index in [0.717, 1.165) is 12.1 Å². The molecule has 0 saturated carbocycles. The Hall–Kier alpha value is -2.28. The number of hydrogen-bond donors (Lipinski definition) is 0. The van der Waals surface area contributed by atoms with Crippen molar-refractivity contribution in [3.8, 4) is 0 Å². The number of nitrogens with zero attached hydrogens (tertiary/aromatic N) is 2. The van der Waals surface area contributed by atoms with E-state index in [0.29, 0.717) is 31.6 Å². The van der Waals surface area contributed by atoms with Crippen molar-refractivity contribution in [2.45, 2.75) is 23.0 Å². The summed E-state index contributed by atoms with van der Waals surface area (Å²) in [4.78, 5) is 18.1. The number of amides is 1. The Morgan fingerprint density at radius 3 is 2.33 bits per heavy atom. The normalized spacial score (nSPS) is 16.1. The highest BCUT2D eigenvalue weighted by Crippen LogP contribution is 2.25. The summed E-state index contributed by atoms with van der Waals surface area (Å²) in [6.07, 6.45) is 2.27. The fraction of sp³-hybridized carbons (Fsp3) is 0.294. The van der Waals surface area contributed by atoms with Gasteiger partial charge in [-0.1, -0.05) is 6.07 Å². The Labute approximate surface area is 140 Å². The van der Waals surface area contributed by atoms with E-state index in [2.05, 4.69) is 4.98 Å². The molecule has 24 heavy (non-hydrogen) atoms. The van der Waals surface area contributed by atoms with Crippen molar-refractivity contribution in [1.29, 1.82) is 0 Å². The fourth-order valence-electron chi connectivity index (χ4n) is 2.84. The summed E-state index contributed by atoms with van der Waals surface area (Å²) in [5, 5.41) is -0.559. The van der Waals surface area contributed by atoms with E-state index >= 15 is 0 Å². The number of piperidine rings is 1.